The van der Waals surface area contributed by atoms with Crippen molar-refractivity contribution in [3.8, 4) is 0 Å². The summed E-state index contributed by atoms with van der Waals surface area (Å²) in [6, 6.07) is 4.47. The highest BCUT2D eigenvalue weighted by Crippen LogP contribution is 2.19. The van der Waals surface area contributed by atoms with Crippen LogP contribution in [0.3, 0.4) is 0 Å². The minimum absolute atomic E-state index is 0.319. The van der Waals surface area contributed by atoms with E-state index in [9.17, 15) is 0 Å². The number of aromatic nitrogens is 1. The van der Waals surface area contributed by atoms with E-state index in [1.54, 1.807) is 0 Å². The highest BCUT2D eigenvalue weighted by atomic mass is 15.1. The second kappa shape index (κ2) is 6.51. The largest absolute Gasteiger partial charge is 0.299 e. The van der Waals surface area contributed by atoms with Gasteiger partial charge in [-0.15, -0.1) is 0 Å². The molecule has 0 spiro atoms. The molecule has 1 aromatic heterocycles. The van der Waals surface area contributed by atoms with Gasteiger partial charge in [-0.25, -0.2) is 0 Å². The van der Waals surface area contributed by atoms with E-state index in [2.05, 4.69) is 49.0 Å². The van der Waals surface area contributed by atoms with Gasteiger partial charge in [0.1, 0.15) is 0 Å². The second-order valence-corrected chi connectivity index (χ2v) is 7.09. The van der Waals surface area contributed by atoms with Gasteiger partial charge in [0.2, 0.25) is 0 Å². The average Bonchev–Trinajstić information content (AvgIpc) is 2.58. The predicted octanol–water partition coefficient (Wildman–Crippen LogP) is 4.05. The maximum atomic E-state index is 4.63. The van der Waals surface area contributed by atoms with Crippen molar-refractivity contribution >= 4 is 0 Å². The van der Waals surface area contributed by atoms with Crippen LogP contribution < -0.4 is 0 Å². The third kappa shape index (κ3) is 5.32. The summed E-state index contributed by atoms with van der Waals surface area (Å²) in [6.07, 6.45) is 8.65. The van der Waals surface area contributed by atoms with Crippen LogP contribution in [0.4, 0.5) is 0 Å². The molecule has 0 radical (unpaired) electrons. The zero-order valence-corrected chi connectivity index (χ0v) is 12.8. The van der Waals surface area contributed by atoms with Crippen molar-refractivity contribution in [3.63, 3.8) is 0 Å². The smallest absolute Gasteiger partial charge is 0.0409 e. The molecule has 0 N–H and O–H groups in total. The van der Waals surface area contributed by atoms with Crippen molar-refractivity contribution in [1.82, 2.24) is 9.88 Å². The molecule has 2 nitrogen and oxygen atoms in total. The van der Waals surface area contributed by atoms with Gasteiger partial charge < -0.3 is 0 Å². The lowest BCUT2D eigenvalue weighted by Gasteiger charge is -2.20. The summed E-state index contributed by atoms with van der Waals surface area (Å²) in [5, 5.41) is 0. The van der Waals surface area contributed by atoms with Crippen molar-refractivity contribution in [2.75, 3.05) is 13.1 Å². The molecule has 2 rings (SSSR count). The summed E-state index contributed by atoms with van der Waals surface area (Å²) in [6.45, 7) is 10.4. The molecule has 0 atom stereocenters. The number of nitrogens with zero attached hydrogens (tertiary/aromatic N) is 2. The second-order valence-electron chi connectivity index (χ2n) is 7.09. The molecule has 1 saturated heterocycles. The molecule has 0 aromatic carbocycles. The van der Waals surface area contributed by atoms with Gasteiger partial charge in [-0.3, -0.25) is 9.88 Å². The molecule has 1 aliphatic rings. The molecule has 0 bridgehead atoms. The van der Waals surface area contributed by atoms with Crippen molar-refractivity contribution < 1.29 is 0 Å². The monoisotopic (exact) mass is 260 g/mol. The molecule has 106 valence electrons. The van der Waals surface area contributed by atoms with E-state index in [1.165, 1.54) is 50.0 Å². The summed E-state index contributed by atoms with van der Waals surface area (Å²) in [4.78, 5) is 7.20. The third-order valence-electron chi connectivity index (χ3n) is 3.70. The minimum Gasteiger partial charge on any atom is -0.299 e. The Bertz CT molecular complexity index is 367. The third-order valence-corrected chi connectivity index (χ3v) is 3.70. The lowest BCUT2D eigenvalue weighted by atomic mass is 9.90. The van der Waals surface area contributed by atoms with Crippen LogP contribution in [0.2, 0.25) is 0 Å². The van der Waals surface area contributed by atoms with Crippen molar-refractivity contribution in [3.05, 3.63) is 29.6 Å². The summed E-state index contributed by atoms with van der Waals surface area (Å²) in [5.74, 6) is 0. The van der Waals surface area contributed by atoms with Gasteiger partial charge in [-0.1, -0.05) is 39.7 Å². The van der Waals surface area contributed by atoms with E-state index in [0.29, 0.717) is 5.41 Å². The van der Waals surface area contributed by atoms with Crippen LogP contribution in [0.5, 0.6) is 0 Å². The maximum absolute atomic E-state index is 4.63. The van der Waals surface area contributed by atoms with Crippen molar-refractivity contribution in [1.29, 1.82) is 0 Å². The first-order valence-electron chi connectivity index (χ1n) is 7.69. The number of rotatable bonds is 3. The highest BCUT2D eigenvalue weighted by molar-refractivity contribution is 5.15. The highest BCUT2D eigenvalue weighted by Gasteiger charge is 2.13. The molecule has 0 saturated carbocycles. The van der Waals surface area contributed by atoms with Gasteiger partial charge in [0.15, 0.2) is 0 Å². The molecule has 1 fully saturated rings. The fourth-order valence-electron chi connectivity index (χ4n) is 2.75. The van der Waals surface area contributed by atoms with E-state index in [0.717, 1.165) is 13.0 Å². The van der Waals surface area contributed by atoms with Gasteiger partial charge in [0, 0.05) is 18.4 Å². The van der Waals surface area contributed by atoms with Gasteiger partial charge in [0.05, 0.1) is 0 Å². The Balaban J connectivity index is 1.90. The van der Waals surface area contributed by atoms with Crippen LogP contribution in [0.25, 0.3) is 0 Å². The van der Waals surface area contributed by atoms with Gasteiger partial charge in [0.25, 0.3) is 0 Å². The number of likely N-dealkylation sites (tertiary alicyclic amines) is 1. The first-order chi connectivity index (χ1) is 9.03. The molecule has 2 heteroatoms. The molecule has 1 aliphatic heterocycles. The maximum Gasteiger partial charge on any atom is 0.0409 e. The molecular formula is C17H28N2. The lowest BCUT2D eigenvalue weighted by molar-refractivity contribution is 0.276. The number of pyridine rings is 1. The van der Waals surface area contributed by atoms with Crippen molar-refractivity contribution in [2.24, 2.45) is 5.41 Å². The van der Waals surface area contributed by atoms with E-state index in [1.807, 2.05) is 0 Å². The Hall–Kier alpha value is -0.890. The summed E-state index contributed by atoms with van der Waals surface area (Å²) < 4.78 is 0. The molecule has 2 heterocycles. The Morgan fingerprint density at radius 2 is 1.74 bits per heavy atom. The fraction of sp³-hybridized carbons (Fsp3) is 0.706. The number of hydrogen-bond donors (Lipinski definition) is 0. The normalized spacial score (nSPS) is 18.3. The Morgan fingerprint density at radius 3 is 2.26 bits per heavy atom. The van der Waals surface area contributed by atoms with E-state index < -0.39 is 0 Å². The Morgan fingerprint density at radius 1 is 1.05 bits per heavy atom. The molecule has 0 amide bonds. The molecule has 0 unspecified atom stereocenters. The quantitative estimate of drug-likeness (QED) is 0.815. The van der Waals surface area contributed by atoms with Crippen LogP contribution >= 0.6 is 0 Å². The molecule has 1 aromatic rings. The Labute approximate surface area is 118 Å². The van der Waals surface area contributed by atoms with Gasteiger partial charge in [-0.2, -0.15) is 0 Å². The SMILES string of the molecule is CC(C)(C)Cc1ccc(CN2CCCCCC2)cn1. The standard InChI is InChI=1S/C17H28N2/c1-17(2,3)12-16-9-8-15(13-18-16)14-19-10-6-4-5-7-11-19/h8-9,13H,4-7,10-12,14H2,1-3H3. The van der Waals surface area contributed by atoms with Crippen LogP contribution in [0.1, 0.15) is 57.7 Å². The van der Waals surface area contributed by atoms with Crippen LogP contribution in [-0.2, 0) is 13.0 Å². The van der Waals surface area contributed by atoms with Gasteiger partial charge >= 0.3 is 0 Å². The zero-order valence-electron chi connectivity index (χ0n) is 12.8. The summed E-state index contributed by atoms with van der Waals surface area (Å²) in [7, 11) is 0. The summed E-state index contributed by atoms with van der Waals surface area (Å²) in [5.41, 5.74) is 2.89. The van der Waals surface area contributed by atoms with E-state index in [-0.39, 0.29) is 0 Å². The van der Waals surface area contributed by atoms with Crippen LogP contribution in [0.15, 0.2) is 18.3 Å². The predicted molar refractivity (Wildman–Crippen MR) is 81.1 cm³/mol. The van der Waals surface area contributed by atoms with Gasteiger partial charge in [-0.05, 0) is 49.4 Å². The average molecular weight is 260 g/mol. The Kier molecular flexibility index (Phi) is 4.98. The van der Waals surface area contributed by atoms with E-state index >= 15 is 0 Å². The van der Waals surface area contributed by atoms with Crippen LogP contribution in [0, 0.1) is 5.41 Å². The topological polar surface area (TPSA) is 16.1 Å². The molecular weight excluding hydrogens is 232 g/mol. The van der Waals surface area contributed by atoms with Crippen molar-refractivity contribution in [2.45, 2.75) is 59.4 Å². The minimum atomic E-state index is 0.319. The van der Waals surface area contributed by atoms with E-state index in [4.69, 9.17) is 0 Å². The zero-order chi connectivity index (χ0) is 13.7. The van der Waals surface area contributed by atoms with Crippen LogP contribution in [-0.4, -0.2) is 23.0 Å². The lowest BCUT2D eigenvalue weighted by Crippen LogP contribution is -2.24. The molecule has 0 aliphatic carbocycles. The first kappa shape index (κ1) is 14.5. The first-order valence-corrected chi connectivity index (χ1v) is 7.69. The summed E-state index contributed by atoms with van der Waals surface area (Å²) >= 11 is 0. The molecule has 19 heavy (non-hydrogen) atoms. The fourth-order valence-corrected chi connectivity index (χ4v) is 2.75. The number of hydrogen-bond acceptors (Lipinski definition) is 2.